The highest BCUT2D eigenvalue weighted by atomic mass is 35.5. The van der Waals surface area contributed by atoms with Crippen molar-refractivity contribution < 1.29 is 0 Å². The molecule has 1 heterocycles. The third-order valence-electron chi connectivity index (χ3n) is 7.35. The van der Waals surface area contributed by atoms with E-state index in [9.17, 15) is 0 Å². The van der Waals surface area contributed by atoms with Gasteiger partial charge in [0.25, 0.3) is 0 Å². The predicted octanol–water partition coefficient (Wildman–Crippen LogP) is 7.45. The molecule has 0 amide bonds. The van der Waals surface area contributed by atoms with E-state index < -0.39 is 16.3 Å². The Hall–Kier alpha value is -1.30. The van der Waals surface area contributed by atoms with Gasteiger partial charge in [-0.05, 0) is 40.9 Å². The van der Waals surface area contributed by atoms with Gasteiger partial charge in [-0.3, -0.25) is 0 Å². The summed E-state index contributed by atoms with van der Waals surface area (Å²) < 4.78 is 2.66. The molecule has 0 aliphatic carbocycles. The van der Waals surface area contributed by atoms with Crippen LogP contribution < -0.4 is 10.4 Å². The van der Waals surface area contributed by atoms with Crippen LogP contribution in [0.25, 0.3) is 10.9 Å². The Morgan fingerprint density at radius 3 is 1.83 bits per heavy atom. The molecule has 0 radical (unpaired) electrons. The smallest absolute Gasteiger partial charge is 0.171 e. The molecule has 0 bridgehead atoms. The van der Waals surface area contributed by atoms with Crippen LogP contribution >= 0.6 is 11.6 Å². The fourth-order valence-electron chi connectivity index (χ4n) is 6.12. The molecule has 162 valence electrons. The van der Waals surface area contributed by atoms with Crippen molar-refractivity contribution in [2.45, 2.75) is 78.2 Å². The Morgan fingerprint density at radius 1 is 0.800 bits per heavy atom. The van der Waals surface area contributed by atoms with Crippen molar-refractivity contribution in [2.75, 3.05) is 0 Å². The first-order valence-corrected chi connectivity index (χ1v) is 16.9. The van der Waals surface area contributed by atoms with Crippen LogP contribution in [0.1, 0.15) is 47.1 Å². The summed E-state index contributed by atoms with van der Waals surface area (Å²) in [7, 11) is -3.96. The van der Waals surface area contributed by atoms with E-state index in [1.54, 1.807) is 0 Å². The van der Waals surface area contributed by atoms with Crippen molar-refractivity contribution in [1.29, 1.82) is 0 Å². The first kappa shape index (κ1) is 23.4. The number of aromatic nitrogens is 1. The average Bonchev–Trinajstić information content (AvgIpc) is 2.94. The summed E-state index contributed by atoms with van der Waals surface area (Å²) in [5.41, 5.74) is 4.45. The van der Waals surface area contributed by atoms with Crippen molar-refractivity contribution in [3.8, 4) is 0 Å². The Kier molecular flexibility index (Phi) is 6.49. The number of nitrogens with zero attached hydrogens (tertiary/aromatic N) is 1. The van der Waals surface area contributed by atoms with Crippen molar-refractivity contribution in [3.05, 3.63) is 59.2 Å². The molecule has 2 aromatic carbocycles. The largest absolute Gasteiger partial charge is 0.358 e. The minimum atomic E-state index is -1.98. The molecule has 0 atom stereocenters. The Bertz CT molecular complexity index is 1010. The van der Waals surface area contributed by atoms with Crippen LogP contribution in [-0.4, -0.2) is 20.5 Å². The molecule has 3 rings (SSSR count). The third kappa shape index (κ3) is 3.43. The summed E-state index contributed by atoms with van der Waals surface area (Å²) in [5.74, 6) is 0. The normalized spacial score (nSPS) is 13.2. The van der Waals surface area contributed by atoms with Gasteiger partial charge in [-0.1, -0.05) is 113 Å². The molecule has 0 fully saturated rings. The number of aryl methyl sites for hydroxylation is 1. The second-order valence-corrected chi connectivity index (χ2v) is 20.7. The molecule has 1 aromatic heterocycles. The van der Waals surface area contributed by atoms with Gasteiger partial charge in [0.2, 0.25) is 0 Å². The lowest BCUT2D eigenvalue weighted by Crippen LogP contribution is -2.55. The topological polar surface area (TPSA) is 4.93 Å². The number of rotatable bonds is 6. The molecule has 0 aliphatic rings. The van der Waals surface area contributed by atoms with E-state index in [1.165, 1.54) is 26.8 Å². The Balaban J connectivity index is 2.49. The van der Waals surface area contributed by atoms with E-state index >= 15 is 0 Å². The maximum atomic E-state index is 7.49. The van der Waals surface area contributed by atoms with Crippen LogP contribution in [0.3, 0.4) is 0 Å². The second-order valence-electron chi connectivity index (χ2n) is 10.4. The number of benzene rings is 2. The molecule has 0 N–H and O–H groups in total. The standard InChI is InChI=1S/C26H38ClNSi2/c1-18(2)30(19(3)4,20(5)6)28-24-16-15-21(7)17-23(24)25(26(28)27)29(8,9)22-13-11-10-12-14-22/h10-20H,1-9H3. The van der Waals surface area contributed by atoms with Crippen molar-refractivity contribution in [1.82, 2.24) is 4.23 Å². The average molecular weight is 456 g/mol. The number of fused-ring (bicyclic) bond motifs is 1. The van der Waals surface area contributed by atoms with Crippen LogP contribution in [0.2, 0.25) is 34.9 Å². The fourth-order valence-corrected chi connectivity index (χ4v) is 17.0. The van der Waals surface area contributed by atoms with E-state index in [4.69, 9.17) is 11.6 Å². The van der Waals surface area contributed by atoms with Gasteiger partial charge in [0, 0.05) is 10.9 Å². The number of hydrogen-bond donors (Lipinski definition) is 0. The molecular formula is C26H38ClNSi2. The highest BCUT2D eigenvalue weighted by Gasteiger charge is 2.48. The van der Waals surface area contributed by atoms with E-state index in [2.05, 4.69) is 114 Å². The lowest BCUT2D eigenvalue weighted by atomic mass is 10.2. The Morgan fingerprint density at radius 2 is 1.33 bits per heavy atom. The van der Waals surface area contributed by atoms with Gasteiger partial charge in [0.1, 0.15) is 13.2 Å². The van der Waals surface area contributed by atoms with Crippen LogP contribution in [0.5, 0.6) is 0 Å². The molecule has 0 saturated heterocycles. The quantitative estimate of drug-likeness (QED) is 0.340. The van der Waals surface area contributed by atoms with Gasteiger partial charge in [0.15, 0.2) is 8.24 Å². The van der Waals surface area contributed by atoms with Crippen LogP contribution in [0, 0.1) is 6.92 Å². The lowest BCUT2D eigenvalue weighted by Gasteiger charge is -2.45. The molecule has 4 heteroatoms. The first-order valence-electron chi connectivity index (χ1n) is 11.3. The SMILES string of the molecule is Cc1ccc2c(c1)c([Si](C)(C)c1ccccc1)c(Cl)n2[Si](C(C)C)(C(C)C)C(C)C. The van der Waals surface area contributed by atoms with Gasteiger partial charge >= 0.3 is 0 Å². The van der Waals surface area contributed by atoms with Crippen molar-refractivity contribution in [3.63, 3.8) is 0 Å². The van der Waals surface area contributed by atoms with Gasteiger partial charge in [-0.2, -0.15) is 0 Å². The van der Waals surface area contributed by atoms with Crippen molar-refractivity contribution >= 4 is 49.2 Å². The molecule has 30 heavy (non-hydrogen) atoms. The zero-order valence-electron chi connectivity index (χ0n) is 20.2. The zero-order valence-corrected chi connectivity index (χ0v) is 22.9. The summed E-state index contributed by atoms with van der Waals surface area (Å²) in [6, 6.07) is 18.0. The molecule has 0 aliphatic heterocycles. The third-order valence-corrected chi connectivity index (χ3v) is 18.3. The molecule has 0 unspecified atom stereocenters. The van der Waals surface area contributed by atoms with E-state index in [0.29, 0.717) is 16.6 Å². The van der Waals surface area contributed by atoms with Crippen LogP contribution in [0.4, 0.5) is 0 Å². The van der Waals surface area contributed by atoms with Gasteiger partial charge in [-0.15, -0.1) is 0 Å². The monoisotopic (exact) mass is 455 g/mol. The highest BCUT2D eigenvalue weighted by Crippen LogP contribution is 2.46. The molecule has 0 saturated carbocycles. The minimum absolute atomic E-state index is 0.598. The van der Waals surface area contributed by atoms with Gasteiger partial charge in [-0.25, -0.2) is 0 Å². The van der Waals surface area contributed by atoms with E-state index in [-0.39, 0.29) is 0 Å². The van der Waals surface area contributed by atoms with E-state index in [0.717, 1.165) is 5.15 Å². The molecule has 3 aromatic rings. The molecule has 0 spiro atoms. The summed E-state index contributed by atoms with van der Waals surface area (Å²) in [5, 5.41) is 5.24. The zero-order chi connectivity index (χ0) is 22.4. The number of halogens is 1. The lowest BCUT2D eigenvalue weighted by molar-refractivity contribution is 0.773. The van der Waals surface area contributed by atoms with Crippen molar-refractivity contribution in [2.24, 2.45) is 0 Å². The van der Waals surface area contributed by atoms with Gasteiger partial charge in [0.05, 0.1) is 0 Å². The maximum absolute atomic E-state index is 7.49. The Labute approximate surface area is 190 Å². The summed E-state index contributed by atoms with van der Waals surface area (Å²) >= 11 is 7.49. The molecular weight excluding hydrogens is 418 g/mol. The summed E-state index contributed by atoms with van der Waals surface area (Å²) in [6.45, 7) is 21.6. The highest BCUT2D eigenvalue weighted by molar-refractivity contribution is 7.03. The van der Waals surface area contributed by atoms with E-state index in [1.807, 2.05) is 0 Å². The first-order chi connectivity index (χ1) is 14.0. The van der Waals surface area contributed by atoms with Crippen LogP contribution in [-0.2, 0) is 0 Å². The fraction of sp³-hybridized carbons (Fsp3) is 0.462. The minimum Gasteiger partial charge on any atom is -0.358 e. The number of hydrogen-bond acceptors (Lipinski definition) is 0. The maximum Gasteiger partial charge on any atom is 0.171 e. The predicted molar refractivity (Wildman–Crippen MR) is 141 cm³/mol. The molecule has 1 nitrogen and oxygen atoms in total. The second kappa shape index (κ2) is 8.33. The van der Waals surface area contributed by atoms with Crippen LogP contribution in [0.15, 0.2) is 48.5 Å². The summed E-state index contributed by atoms with van der Waals surface area (Å²) in [4.78, 5) is 0. The van der Waals surface area contributed by atoms with Gasteiger partial charge < -0.3 is 4.23 Å². The summed E-state index contributed by atoms with van der Waals surface area (Å²) in [6.07, 6.45) is 0.